The molecule has 2 unspecified atom stereocenters. The first-order valence-corrected chi connectivity index (χ1v) is 5.27. The summed E-state index contributed by atoms with van der Waals surface area (Å²) in [4.78, 5) is 0. The Bertz CT molecular complexity index is 284. The molecular weight excluding hydrogens is 194 g/mol. The SMILES string of the molecule is CC(C)OC1OCC(Cn2cccc2)O1. The summed E-state index contributed by atoms with van der Waals surface area (Å²) in [6.45, 7) is 4.84. The highest BCUT2D eigenvalue weighted by Gasteiger charge is 2.27. The molecule has 1 aliphatic rings. The van der Waals surface area contributed by atoms with E-state index in [1.165, 1.54) is 0 Å². The summed E-state index contributed by atoms with van der Waals surface area (Å²) < 4.78 is 18.4. The van der Waals surface area contributed by atoms with Crippen LogP contribution < -0.4 is 0 Å². The largest absolute Gasteiger partial charge is 0.352 e. The normalized spacial score (nSPS) is 26.3. The lowest BCUT2D eigenvalue weighted by Crippen LogP contribution is -2.21. The van der Waals surface area contributed by atoms with Gasteiger partial charge in [0, 0.05) is 12.4 Å². The highest BCUT2D eigenvalue weighted by atomic mass is 16.9. The maximum atomic E-state index is 5.58. The molecule has 0 aliphatic carbocycles. The molecule has 1 aromatic rings. The molecule has 15 heavy (non-hydrogen) atoms. The van der Waals surface area contributed by atoms with Crippen molar-refractivity contribution in [3.8, 4) is 0 Å². The lowest BCUT2D eigenvalue weighted by Gasteiger charge is -2.14. The maximum Gasteiger partial charge on any atom is 0.272 e. The van der Waals surface area contributed by atoms with Crippen LogP contribution in [0.1, 0.15) is 13.8 Å². The molecule has 1 fully saturated rings. The van der Waals surface area contributed by atoms with E-state index in [1.807, 2.05) is 38.4 Å². The fraction of sp³-hybridized carbons (Fsp3) is 0.636. The van der Waals surface area contributed by atoms with Gasteiger partial charge in [0.15, 0.2) is 0 Å². The Hall–Kier alpha value is -0.840. The Kier molecular flexibility index (Phi) is 3.41. The smallest absolute Gasteiger partial charge is 0.272 e. The first kappa shape index (κ1) is 10.7. The van der Waals surface area contributed by atoms with Crippen LogP contribution in [0.3, 0.4) is 0 Å². The van der Waals surface area contributed by atoms with Crippen LogP contribution in [0.5, 0.6) is 0 Å². The van der Waals surface area contributed by atoms with Gasteiger partial charge >= 0.3 is 0 Å². The molecule has 0 bridgehead atoms. The first-order chi connectivity index (χ1) is 7.24. The van der Waals surface area contributed by atoms with Gasteiger partial charge in [-0.25, -0.2) is 0 Å². The molecule has 1 aromatic heterocycles. The Balaban J connectivity index is 1.78. The second kappa shape index (κ2) is 4.79. The van der Waals surface area contributed by atoms with Gasteiger partial charge in [0.25, 0.3) is 6.48 Å². The van der Waals surface area contributed by atoms with E-state index in [4.69, 9.17) is 14.2 Å². The van der Waals surface area contributed by atoms with Crippen LogP contribution >= 0.6 is 0 Å². The summed E-state index contributed by atoms with van der Waals surface area (Å²) in [5.41, 5.74) is 0. The van der Waals surface area contributed by atoms with Crippen LogP contribution in [0, 0.1) is 0 Å². The summed E-state index contributed by atoms with van der Waals surface area (Å²) in [5.74, 6) is 0. The van der Waals surface area contributed by atoms with Gasteiger partial charge < -0.3 is 18.8 Å². The molecular formula is C11H17NO3. The second-order valence-corrected chi connectivity index (χ2v) is 3.94. The summed E-state index contributed by atoms with van der Waals surface area (Å²) in [6.07, 6.45) is 4.24. The minimum Gasteiger partial charge on any atom is -0.352 e. The fourth-order valence-corrected chi connectivity index (χ4v) is 1.54. The standard InChI is InChI=1S/C11H17NO3/c1-9(2)14-11-13-8-10(15-11)7-12-5-3-4-6-12/h3-6,9-11H,7-8H2,1-2H3. The van der Waals surface area contributed by atoms with Gasteiger partial charge in [-0.2, -0.15) is 0 Å². The van der Waals surface area contributed by atoms with Gasteiger partial charge in [0.05, 0.1) is 19.3 Å². The molecule has 84 valence electrons. The predicted octanol–water partition coefficient (Wildman–Crippen LogP) is 1.61. The lowest BCUT2D eigenvalue weighted by atomic mass is 10.4. The molecule has 0 saturated carbocycles. The van der Waals surface area contributed by atoms with Crippen molar-refractivity contribution in [2.75, 3.05) is 6.61 Å². The Morgan fingerprint density at radius 3 is 2.80 bits per heavy atom. The van der Waals surface area contributed by atoms with Gasteiger partial charge in [0.2, 0.25) is 0 Å². The van der Waals surface area contributed by atoms with Gasteiger partial charge in [-0.15, -0.1) is 0 Å². The third-order valence-corrected chi connectivity index (χ3v) is 2.19. The predicted molar refractivity (Wildman–Crippen MR) is 55.3 cm³/mol. The second-order valence-electron chi connectivity index (χ2n) is 3.94. The van der Waals surface area contributed by atoms with Crippen molar-refractivity contribution < 1.29 is 14.2 Å². The summed E-state index contributed by atoms with van der Waals surface area (Å²) in [6, 6.07) is 4.00. The number of hydrogen-bond acceptors (Lipinski definition) is 3. The molecule has 4 nitrogen and oxygen atoms in total. The molecule has 2 heterocycles. The first-order valence-electron chi connectivity index (χ1n) is 5.27. The van der Waals surface area contributed by atoms with Crippen molar-refractivity contribution in [1.29, 1.82) is 0 Å². The third kappa shape index (κ3) is 3.06. The van der Waals surface area contributed by atoms with E-state index in [0.717, 1.165) is 6.54 Å². The van der Waals surface area contributed by atoms with Crippen LogP contribution in [0.2, 0.25) is 0 Å². The maximum absolute atomic E-state index is 5.58. The molecule has 1 aliphatic heterocycles. The van der Waals surface area contributed by atoms with E-state index in [1.54, 1.807) is 0 Å². The van der Waals surface area contributed by atoms with E-state index in [9.17, 15) is 0 Å². The minimum atomic E-state index is -0.495. The Labute approximate surface area is 89.7 Å². The van der Waals surface area contributed by atoms with Crippen molar-refractivity contribution in [3.63, 3.8) is 0 Å². The topological polar surface area (TPSA) is 32.6 Å². The monoisotopic (exact) mass is 211 g/mol. The zero-order valence-electron chi connectivity index (χ0n) is 9.13. The van der Waals surface area contributed by atoms with Crippen LogP contribution in [-0.4, -0.2) is 29.9 Å². The molecule has 0 radical (unpaired) electrons. The number of ether oxygens (including phenoxy) is 3. The number of rotatable bonds is 4. The number of aromatic nitrogens is 1. The quantitative estimate of drug-likeness (QED) is 0.758. The molecule has 0 aromatic carbocycles. The van der Waals surface area contributed by atoms with Gasteiger partial charge in [-0.1, -0.05) is 0 Å². The average molecular weight is 211 g/mol. The molecule has 0 N–H and O–H groups in total. The van der Waals surface area contributed by atoms with Gasteiger partial charge in [-0.3, -0.25) is 0 Å². The summed E-state index contributed by atoms with van der Waals surface area (Å²) in [5, 5.41) is 0. The van der Waals surface area contributed by atoms with E-state index >= 15 is 0 Å². The fourth-order valence-electron chi connectivity index (χ4n) is 1.54. The minimum absolute atomic E-state index is 0.0844. The molecule has 0 amide bonds. The van der Waals surface area contributed by atoms with Crippen LogP contribution in [-0.2, 0) is 20.8 Å². The van der Waals surface area contributed by atoms with E-state index in [2.05, 4.69) is 4.57 Å². The van der Waals surface area contributed by atoms with Crippen molar-refractivity contribution in [1.82, 2.24) is 4.57 Å². The van der Waals surface area contributed by atoms with Gasteiger partial charge in [-0.05, 0) is 26.0 Å². The van der Waals surface area contributed by atoms with E-state index < -0.39 is 6.48 Å². The zero-order chi connectivity index (χ0) is 10.7. The van der Waals surface area contributed by atoms with Crippen molar-refractivity contribution in [2.24, 2.45) is 0 Å². The molecule has 2 atom stereocenters. The highest BCUT2D eigenvalue weighted by molar-refractivity contribution is 4.90. The van der Waals surface area contributed by atoms with Crippen molar-refractivity contribution in [2.45, 2.75) is 39.1 Å². The molecule has 4 heteroatoms. The van der Waals surface area contributed by atoms with Crippen LogP contribution in [0.15, 0.2) is 24.5 Å². The Morgan fingerprint density at radius 2 is 2.13 bits per heavy atom. The summed E-state index contributed by atoms with van der Waals surface area (Å²) in [7, 11) is 0. The number of hydrogen-bond donors (Lipinski definition) is 0. The van der Waals surface area contributed by atoms with Crippen LogP contribution in [0.25, 0.3) is 0 Å². The average Bonchev–Trinajstić information content (AvgIpc) is 2.77. The van der Waals surface area contributed by atoms with E-state index in [-0.39, 0.29) is 12.2 Å². The third-order valence-electron chi connectivity index (χ3n) is 2.19. The van der Waals surface area contributed by atoms with Crippen molar-refractivity contribution in [3.05, 3.63) is 24.5 Å². The highest BCUT2D eigenvalue weighted by Crippen LogP contribution is 2.15. The van der Waals surface area contributed by atoms with Crippen molar-refractivity contribution >= 4 is 0 Å². The van der Waals surface area contributed by atoms with E-state index in [0.29, 0.717) is 6.61 Å². The molecule has 2 rings (SSSR count). The zero-order valence-corrected chi connectivity index (χ0v) is 9.13. The lowest BCUT2D eigenvalue weighted by molar-refractivity contribution is -0.252. The molecule has 1 saturated heterocycles. The summed E-state index contributed by atoms with van der Waals surface area (Å²) >= 11 is 0. The van der Waals surface area contributed by atoms with Crippen LogP contribution in [0.4, 0.5) is 0 Å². The Morgan fingerprint density at radius 1 is 1.40 bits per heavy atom. The van der Waals surface area contributed by atoms with Gasteiger partial charge in [0.1, 0.15) is 6.10 Å². The number of nitrogens with zero attached hydrogens (tertiary/aromatic N) is 1. The molecule has 0 spiro atoms.